The van der Waals surface area contributed by atoms with Crippen LogP contribution in [0.4, 0.5) is 16.2 Å². The van der Waals surface area contributed by atoms with Crippen LogP contribution in [0.1, 0.15) is 26.3 Å². The maximum atomic E-state index is 12.0. The number of nitrogens with zero attached hydrogens (tertiary/aromatic N) is 2. The Labute approximate surface area is 112 Å². The van der Waals surface area contributed by atoms with Crippen molar-refractivity contribution in [2.75, 3.05) is 12.4 Å². The normalized spacial score (nSPS) is 11.0. The first-order valence-electron chi connectivity index (χ1n) is 5.93. The molecular weight excluding hydrogens is 246 g/mol. The molecule has 0 unspecified atom stereocenters. The van der Waals surface area contributed by atoms with E-state index >= 15 is 0 Å². The van der Waals surface area contributed by atoms with Gasteiger partial charge in [-0.15, -0.1) is 0 Å². The molecule has 0 aliphatic heterocycles. The molecule has 1 N–H and O–H groups in total. The first-order chi connectivity index (χ1) is 8.64. The third-order valence-corrected chi connectivity index (χ3v) is 2.97. The van der Waals surface area contributed by atoms with Gasteiger partial charge < -0.3 is 10.2 Å². The highest BCUT2D eigenvalue weighted by Gasteiger charge is 2.25. The number of nitrogens with one attached hydrogen (secondary N) is 1. The number of nitro groups is 1. The summed E-state index contributed by atoms with van der Waals surface area (Å²) in [6.07, 6.45) is 0. The van der Waals surface area contributed by atoms with Gasteiger partial charge in [-0.2, -0.15) is 0 Å². The van der Waals surface area contributed by atoms with E-state index in [1.807, 2.05) is 20.8 Å². The van der Waals surface area contributed by atoms with Crippen LogP contribution in [0.2, 0.25) is 0 Å². The van der Waals surface area contributed by atoms with Gasteiger partial charge in [-0.25, -0.2) is 4.79 Å². The molecule has 6 heteroatoms. The Kier molecular flexibility index (Phi) is 4.14. The Morgan fingerprint density at radius 2 is 1.95 bits per heavy atom. The maximum absolute atomic E-state index is 12.0. The van der Waals surface area contributed by atoms with E-state index in [4.69, 9.17) is 0 Å². The number of nitro benzene ring substituents is 1. The first-order valence-corrected chi connectivity index (χ1v) is 5.93. The largest absolute Gasteiger partial charge is 0.323 e. The number of hydrogen-bond acceptors (Lipinski definition) is 3. The summed E-state index contributed by atoms with van der Waals surface area (Å²) >= 11 is 0. The summed E-state index contributed by atoms with van der Waals surface area (Å²) in [6, 6.07) is 4.47. The zero-order valence-corrected chi connectivity index (χ0v) is 11.9. The molecule has 0 spiro atoms. The quantitative estimate of drug-likeness (QED) is 0.659. The van der Waals surface area contributed by atoms with Gasteiger partial charge in [0.15, 0.2) is 0 Å². The van der Waals surface area contributed by atoms with Gasteiger partial charge in [0.2, 0.25) is 0 Å². The molecule has 0 aromatic heterocycles. The Hall–Kier alpha value is -2.11. The van der Waals surface area contributed by atoms with Crippen LogP contribution >= 0.6 is 0 Å². The molecule has 0 bridgehead atoms. The molecule has 0 aliphatic carbocycles. The molecule has 0 aliphatic rings. The van der Waals surface area contributed by atoms with Crippen molar-refractivity contribution < 1.29 is 9.72 Å². The first kappa shape index (κ1) is 14.9. The second-order valence-electron chi connectivity index (χ2n) is 5.39. The standard InChI is InChI=1S/C13H19N3O3/c1-9-7-6-8-10(11(9)16(18)19)14-12(17)15(5)13(2,3)4/h6-8H,1-5H3,(H,14,17). The van der Waals surface area contributed by atoms with Crippen molar-refractivity contribution in [2.45, 2.75) is 33.2 Å². The summed E-state index contributed by atoms with van der Waals surface area (Å²) in [7, 11) is 1.65. The third-order valence-electron chi connectivity index (χ3n) is 2.97. The van der Waals surface area contributed by atoms with Crippen molar-refractivity contribution in [3.8, 4) is 0 Å². The Bertz CT molecular complexity index is 506. The van der Waals surface area contributed by atoms with E-state index in [2.05, 4.69) is 5.32 Å². The van der Waals surface area contributed by atoms with Crippen molar-refractivity contribution in [3.05, 3.63) is 33.9 Å². The van der Waals surface area contributed by atoms with Gasteiger partial charge >= 0.3 is 6.03 Å². The highest BCUT2D eigenvalue weighted by Crippen LogP contribution is 2.28. The number of anilines is 1. The molecule has 1 aromatic rings. The molecule has 0 fully saturated rings. The number of carbonyl (C=O) groups excluding carboxylic acids is 1. The number of hydrogen-bond donors (Lipinski definition) is 1. The molecule has 2 amide bonds. The number of benzene rings is 1. The Morgan fingerprint density at radius 1 is 1.37 bits per heavy atom. The fourth-order valence-corrected chi connectivity index (χ4v) is 1.51. The van der Waals surface area contributed by atoms with E-state index in [1.165, 1.54) is 11.0 Å². The van der Waals surface area contributed by atoms with Crippen LogP contribution < -0.4 is 5.32 Å². The predicted octanol–water partition coefficient (Wildman–Crippen LogP) is 3.17. The highest BCUT2D eigenvalue weighted by molar-refractivity contribution is 5.92. The average Bonchev–Trinajstić information content (AvgIpc) is 2.26. The molecule has 0 radical (unpaired) electrons. The van der Waals surface area contributed by atoms with Crippen LogP contribution in [0.15, 0.2) is 18.2 Å². The molecule has 0 atom stereocenters. The van der Waals surface area contributed by atoms with Crippen molar-refractivity contribution >= 4 is 17.4 Å². The van der Waals surface area contributed by atoms with Gasteiger partial charge in [0.25, 0.3) is 5.69 Å². The van der Waals surface area contributed by atoms with Crippen molar-refractivity contribution in [3.63, 3.8) is 0 Å². The van der Waals surface area contributed by atoms with Crippen LogP contribution in [0.5, 0.6) is 0 Å². The number of aryl methyl sites for hydroxylation is 1. The maximum Gasteiger partial charge on any atom is 0.322 e. The Balaban J connectivity index is 3.04. The smallest absolute Gasteiger partial charge is 0.322 e. The van der Waals surface area contributed by atoms with Gasteiger partial charge in [0.05, 0.1) is 4.92 Å². The van der Waals surface area contributed by atoms with Crippen LogP contribution in [0.3, 0.4) is 0 Å². The third kappa shape index (κ3) is 3.43. The number of para-hydroxylation sites is 1. The van der Waals surface area contributed by atoms with Crippen molar-refractivity contribution in [1.82, 2.24) is 4.90 Å². The monoisotopic (exact) mass is 265 g/mol. The van der Waals surface area contributed by atoms with Gasteiger partial charge in [-0.1, -0.05) is 12.1 Å². The van der Waals surface area contributed by atoms with E-state index in [1.54, 1.807) is 26.1 Å². The lowest BCUT2D eigenvalue weighted by Gasteiger charge is -2.31. The summed E-state index contributed by atoms with van der Waals surface area (Å²) in [5.74, 6) is 0. The predicted molar refractivity (Wildman–Crippen MR) is 74.4 cm³/mol. The summed E-state index contributed by atoms with van der Waals surface area (Å²) in [5, 5.41) is 13.6. The zero-order valence-electron chi connectivity index (χ0n) is 11.9. The van der Waals surface area contributed by atoms with Crippen LogP contribution in [-0.4, -0.2) is 28.4 Å². The van der Waals surface area contributed by atoms with E-state index in [0.717, 1.165) is 0 Å². The molecule has 104 valence electrons. The molecule has 1 rings (SSSR count). The van der Waals surface area contributed by atoms with Crippen molar-refractivity contribution in [1.29, 1.82) is 0 Å². The summed E-state index contributed by atoms with van der Waals surface area (Å²) in [4.78, 5) is 24.1. The molecule has 0 heterocycles. The molecule has 1 aromatic carbocycles. The summed E-state index contributed by atoms with van der Waals surface area (Å²) in [6.45, 7) is 7.30. The van der Waals surface area contributed by atoms with E-state index in [9.17, 15) is 14.9 Å². The number of rotatable bonds is 2. The van der Waals surface area contributed by atoms with Gasteiger partial charge in [-0.3, -0.25) is 10.1 Å². The second kappa shape index (κ2) is 5.26. The second-order valence-corrected chi connectivity index (χ2v) is 5.39. The zero-order chi connectivity index (χ0) is 14.8. The lowest BCUT2D eigenvalue weighted by atomic mass is 10.1. The molecule has 0 saturated heterocycles. The van der Waals surface area contributed by atoms with Crippen LogP contribution in [0.25, 0.3) is 0 Å². The SMILES string of the molecule is Cc1cccc(NC(=O)N(C)C(C)(C)C)c1[N+](=O)[O-]. The average molecular weight is 265 g/mol. The highest BCUT2D eigenvalue weighted by atomic mass is 16.6. The lowest BCUT2D eigenvalue weighted by Crippen LogP contribution is -2.44. The van der Waals surface area contributed by atoms with Crippen molar-refractivity contribution in [2.24, 2.45) is 0 Å². The minimum atomic E-state index is -0.484. The Morgan fingerprint density at radius 3 is 2.42 bits per heavy atom. The summed E-state index contributed by atoms with van der Waals surface area (Å²) < 4.78 is 0. The molecular formula is C13H19N3O3. The molecule has 19 heavy (non-hydrogen) atoms. The van der Waals surface area contributed by atoms with E-state index in [0.29, 0.717) is 5.56 Å². The van der Waals surface area contributed by atoms with Gasteiger partial charge in [0.1, 0.15) is 5.69 Å². The number of urea groups is 1. The number of amides is 2. The minimum absolute atomic E-state index is 0.0711. The van der Waals surface area contributed by atoms with E-state index in [-0.39, 0.29) is 22.9 Å². The van der Waals surface area contributed by atoms with Crippen LogP contribution in [-0.2, 0) is 0 Å². The number of carbonyl (C=O) groups is 1. The van der Waals surface area contributed by atoms with Gasteiger partial charge in [-0.05, 0) is 33.8 Å². The molecule has 6 nitrogen and oxygen atoms in total. The molecule has 0 saturated carbocycles. The minimum Gasteiger partial charge on any atom is -0.323 e. The van der Waals surface area contributed by atoms with Gasteiger partial charge in [0, 0.05) is 18.2 Å². The van der Waals surface area contributed by atoms with Crippen LogP contribution in [0, 0.1) is 17.0 Å². The fraction of sp³-hybridized carbons (Fsp3) is 0.462. The lowest BCUT2D eigenvalue weighted by molar-refractivity contribution is -0.384. The topological polar surface area (TPSA) is 75.5 Å². The fourth-order valence-electron chi connectivity index (χ4n) is 1.51. The summed E-state index contributed by atoms with van der Waals surface area (Å²) in [5.41, 5.74) is 0.299. The van der Waals surface area contributed by atoms with E-state index < -0.39 is 4.92 Å².